The highest BCUT2D eigenvalue weighted by Gasteiger charge is 2.08. The first-order valence-corrected chi connectivity index (χ1v) is 5.90. The third kappa shape index (κ3) is 3.55. The lowest BCUT2D eigenvalue weighted by Gasteiger charge is -2.08. The fraction of sp³-hybridized carbons (Fsp3) is 0. The van der Waals surface area contributed by atoms with Crippen LogP contribution in [0.3, 0.4) is 0 Å². The van der Waals surface area contributed by atoms with Gasteiger partial charge in [-0.1, -0.05) is 0 Å². The standard InChI is InChI=1S/C15H9FN4O/c16-13-7-11(9-18)3-6-14(13)20-15(21)19-12-4-1-10(8-17)2-5-12/h1-7H,(H2,19,20,21). The van der Waals surface area contributed by atoms with Gasteiger partial charge in [0.15, 0.2) is 0 Å². The van der Waals surface area contributed by atoms with Crippen LogP contribution in [0.2, 0.25) is 0 Å². The lowest BCUT2D eigenvalue weighted by molar-refractivity contribution is 0.262. The third-order valence-corrected chi connectivity index (χ3v) is 2.62. The van der Waals surface area contributed by atoms with E-state index in [-0.39, 0.29) is 11.3 Å². The van der Waals surface area contributed by atoms with Crippen molar-refractivity contribution in [2.75, 3.05) is 10.6 Å². The zero-order valence-corrected chi connectivity index (χ0v) is 10.7. The molecule has 0 spiro atoms. The first-order chi connectivity index (χ1) is 10.1. The van der Waals surface area contributed by atoms with Crippen LogP contribution in [-0.2, 0) is 0 Å². The van der Waals surface area contributed by atoms with E-state index in [1.54, 1.807) is 30.3 Å². The van der Waals surface area contributed by atoms with Crippen LogP contribution in [0.1, 0.15) is 11.1 Å². The quantitative estimate of drug-likeness (QED) is 0.885. The molecule has 0 radical (unpaired) electrons. The van der Waals surface area contributed by atoms with E-state index in [0.29, 0.717) is 11.3 Å². The summed E-state index contributed by atoms with van der Waals surface area (Å²) in [5.41, 5.74) is 1.09. The molecule has 102 valence electrons. The summed E-state index contributed by atoms with van der Waals surface area (Å²) in [5, 5.41) is 22.1. The maximum absolute atomic E-state index is 13.6. The Hall–Kier alpha value is -3.38. The normalized spacial score (nSPS) is 9.29. The van der Waals surface area contributed by atoms with Crippen molar-refractivity contribution in [2.24, 2.45) is 0 Å². The smallest absolute Gasteiger partial charge is 0.308 e. The molecule has 0 aliphatic rings. The summed E-state index contributed by atoms with van der Waals surface area (Å²) in [7, 11) is 0. The molecule has 2 N–H and O–H groups in total. The molecule has 2 aromatic carbocycles. The van der Waals surface area contributed by atoms with Gasteiger partial charge in [-0.05, 0) is 42.5 Å². The summed E-state index contributed by atoms with van der Waals surface area (Å²) in [5.74, 6) is -0.691. The average molecular weight is 280 g/mol. The molecule has 2 rings (SSSR count). The number of halogens is 1. The van der Waals surface area contributed by atoms with E-state index in [0.717, 1.165) is 6.07 Å². The number of hydrogen-bond donors (Lipinski definition) is 2. The number of amides is 2. The van der Waals surface area contributed by atoms with Crippen molar-refractivity contribution in [3.05, 3.63) is 59.4 Å². The van der Waals surface area contributed by atoms with Gasteiger partial charge < -0.3 is 10.6 Å². The molecule has 0 unspecified atom stereocenters. The molecular weight excluding hydrogens is 271 g/mol. The van der Waals surface area contributed by atoms with Crippen molar-refractivity contribution in [3.8, 4) is 12.1 Å². The van der Waals surface area contributed by atoms with Crippen LogP contribution in [0.15, 0.2) is 42.5 Å². The van der Waals surface area contributed by atoms with Crippen molar-refractivity contribution in [1.29, 1.82) is 10.5 Å². The molecule has 2 amide bonds. The molecule has 0 saturated heterocycles. The van der Waals surface area contributed by atoms with Crippen molar-refractivity contribution >= 4 is 17.4 Å². The second kappa shape index (κ2) is 6.18. The minimum atomic E-state index is -0.691. The Morgan fingerprint density at radius 1 is 0.952 bits per heavy atom. The molecule has 21 heavy (non-hydrogen) atoms. The largest absolute Gasteiger partial charge is 0.323 e. The van der Waals surface area contributed by atoms with Gasteiger partial charge in [-0.25, -0.2) is 9.18 Å². The predicted molar refractivity (Wildman–Crippen MR) is 74.9 cm³/mol. The molecule has 0 atom stereocenters. The highest BCUT2D eigenvalue weighted by molar-refractivity contribution is 5.99. The molecule has 2 aromatic rings. The number of nitriles is 2. The minimum Gasteiger partial charge on any atom is -0.308 e. The van der Waals surface area contributed by atoms with Crippen LogP contribution in [0.25, 0.3) is 0 Å². The summed E-state index contributed by atoms with van der Waals surface area (Å²) < 4.78 is 13.6. The fourth-order valence-corrected chi connectivity index (χ4v) is 1.60. The van der Waals surface area contributed by atoms with E-state index in [4.69, 9.17) is 10.5 Å². The maximum Gasteiger partial charge on any atom is 0.323 e. The Morgan fingerprint density at radius 3 is 2.14 bits per heavy atom. The molecule has 0 saturated carbocycles. The molecular formula is C15H9FN4O. The summed E-state index contributed by atoms with van der Waals surface area (Å²) >= 11 is 0. The van der Waals surface area contributed by atoms with Gasteiger partial charge in [-0.15, -0.1) is 0 Å². The number of rotatable bonds is 2. The Morgan fingerprint density at radius 2 is 1.57 bits per heavy atom. The molecule has 0 aromatic heterocycles. The number of nitrogens with one attached hydrogen (secondary N) is 2. The van der Waals surface area contributed by atoms with Crippen LogP contribution in [0.4, 0.5) is 20.6 Å². The second-order valence-electron chi connectivity index (χ2n) is 4.07. The Balaban J connectivity index is 2.05. The average Bonchev–Trinajstić information content (AvgIpc) is 2.50. The van der Waals surface area contributed by atoms with Crippen LogP contribution in [0, 0.1) is 28.5 Å². The number of carbonyl (C=O) groups is 1. The summed E-state index contributed by atoms with van der Waals surface area (Å²) in [4.78, 5) is 11.7. The first-order valence-electron chi connectivity index (χ1n) is 5.90. The summed E-state index contributed by atoms with van der Waals surface area (Å²) in [6, 6.07) is 13.1. The lowest BCUT2D eigenvalue weighted by Crippen LogP contribution is -2.20. The fourth-order valence-electron chi connectivity index (χ4n) is 1.60. The van der Waals surface area contributed by atoms with Gasteiger partial charge in [0.1, 0.15) is 5.82 Å². The van der Waals surface area contributed by atoms with Gasteiger partial charge in [0.05, 0.1) is 29.0 Å². The lowest BCUT2D eigenvalue weighted by atomic mass is 10.2. The number of carbonyl (C=O) groups excluding carboxylic acids is 1. The van der Waals surface area contributed by atoms with Gasteiger partial charge in [-0.3, -0.25) is 0 Å². The van der Waals surface area contributed by atoms with Gasteiger partial charge in [0.25, 0.3) is 0 Å². The molecule has 0 aliphatic carbocycles. The molecule has 0 bridgehead atoms. The highest BCUT2D eigenvalue weighted by Crippen LogP contribution is 2.16. The number of urea groups is 1. The predicted octanol–water partition coefficient (Wildman–Crippen LogP) is 3.21. The topological polar surface area (TPSA) is 88.7 Å². The summed E-state index contributed by atoms with van der Waals surface area (Å²) in [6.07, 6.45) is 0. The Labute approximate surface area is 120 Å². The van der Waals surface area contributed by atoms with Gasteiger partial charge >= 0.3 is 6.03 Å². The number of anilines is 2. The molecule has 5 nitrogen and oxygen atoms in total. The van der Waals surface area contributed by atoms with Crippen LogP contribution >= 0.6 is 0 Å². The van der Waals surface area contributed by atoms with E-state index in [1.165, 1.54) is 12.1 Å². The van der Waals surface area contributed by atoms with Crippen molar-refractivity contribution in [3.63, 3.8) is 0 Å². The van der Waals surface area contributed by atoms with Crippen LogP contribution in [-0.4, -0.2) is 6.03 Å². The van der Waals surface area contributed by atoms with Crippen LogP contribution in [0.5, 0.6) is 0 Å². The van der Waals surface area contributed by atoms with E-state index < -0.39 is 11.8 Å². The van der Waals surface area contributed by atoms with E-state index in [9.17, 15) is 9.18 Å². The van der Waals surface area contributed by atoms with E-state index in [2.05, 4.69) is 10.6 Å². The zero-order valence-electron chi connectivity index (χ0n) is 10.7. The van der Waals surface area contributed by atoms with Crippen LogP contribution < -0.4 is 10.6 Å². The second-order valence-corrected chi connectivity index (χ2v) is 4.07. The summed E-state index contributed by atoms with van der Waals surface area (Å²) in [6.45, 7) is 0. The highest BCUT2D eigenvalue weighted by atomic mass is 19.1. The zero-order chi connectivity index (χ0) is 15.2. The Bertz CT molecular complexity index is 757. The molecule has 0 fully saturated rings. The Kier molecular flexibility index (Phi) is 4.13. The first kappa shape index (κ1) is 14.0. The number of benzene rings is 2. The van der Waals surface area contributed by atoms with Gasteiger partial charge in [0.2, 0.25) is 0 Å². The van der Waals surface area contributed by atoms with E-state index in [1.807, 2.05) is 6.07 Å². The third-order valence-electron chi connectivity index (χ3n) is 2.62. The molecule has 6 heteroatoms. The van der Waals surface area contributed by atoms with Gasteiger partial charge in [0, 0.05) is 5.69 Å². The van der Waals surface area contributed by atoms with Gasteiger partial charge in [-0.2, -0.15) is 10.5 Å². The van der Waals surface area contributed by atoms with Crippen molar-refractivity contribution in [1.82, 2.24) is 0 Å². The van der Waals surface area contributed by atoms with Crippen molar-refractivity contribution < 1.29 is 9.18 Å². The van der Waals surface area contributed by atoms with E-state index >= 15 is 0 Å². The monoisotopic (exact) mass is 280 g/mol. The molecule has 0 heterocycles. The maximum atomic E-state index is 13.6. The number of nitrogens with zero attached hydrogens (tertiary/aromatic N) is 2. The number of hydrogen-bond acceptors (Lipinski definition) is 3. The molecule has 0 aliphatic heterocycles. The minimum absolute atomic E-state index is 0.0276. The SMILES string of the molecule is N#Cc1ccc(NC(=O)Nc2ccc(C#N)cc2F)cc1. The van der Waals surface area contributed by atoms with Crippen molar-refractivity contribution in [2.45, 2.75) is 0 Å².